The Balaban J connectivity index is 1.32. The van der Waals surface area contributed by atoms with Crippen molar-refractivity contribution in [1.82, 2.24) is 9.88 Å². The molecule has 4 rings (SSSR count). The van der Waals surface area contributed by atoms with Gasteiger partial charge in [-0.3, -0.25) is 9.78 Å². The van der Waals surface area contributed by atoms with Crippen LogP contribution in [0, 0.1) is 5.92 Å². The third kappa shape index (κ3) is 3.30. The van der Waals surface area contributed by atoms with E-state index in [0.717, 1.165) is 12.0 Å². The lowest BCUT2D eigenvalue weighted by molar-refractivity contribution is -0.129. The van der Waals surface area contributed by atoms with Crippen LogP contribution in [-0.4, -0.2) is 52.8 Å². The summed E-state index contributed by atoms with van der Waals surface area (Å²) in [4.78, 5) is 18.3. The Morgan fingerprint density at radius 1 is 1.31 bits per heavy atom. The van der Waals surface area contributed by atoms with Crippen molar-refractivity contribution < 1.29 is 19.4 Å². The molecular weight excluding hydrogens is 332 g/mol. The van der Waals surface area contributed by atoms with Gasteiger partial charge in [-0.1, -0.05) is 6.07 Å². The fraction of sp³-hybridized carbons (Fsp3) is 0.400. The number of likely N-dealkylation sites (tertiary alicyclic amines) is 1. The van der Waals surface area contributed by atoms with Crippen LogP contribution in [0.25, 0.3) is 0 Å². The number of rotatable bonds is 5. The van der Waals surface area contributed by atoms with Crippen LogP contribution in [0.1, 0.15) is 22.3 Å². The van der Waals surface area contributed by atoms with Gasteiger partial charge in [0, 0.05) is 30.5 Å². The fourth-order valence-corrected chi connectivity index (χ4v) is 3.73. The maximum absolute atomic E-state index is 12.5. The van der Waals surface area contributed by atoms with Crippen molar-refractivity contribution in [1.29, 1.82) is 0 Å². The number of phenols is 1. The Kier molecular flexibility index (Phi) is 4.61. The first-order valence-electron chi connectivity index (χ1n) is 8.85. The summed E-state index contributed by atoms with van der Waals surface area (Å²) in [5, 5.41) is 9.56. The van der Waals surface area contributed by atoms with Crippen molar-refractivity contribution in [2.45, 2.75) is 18.6 Å². The minimum absolute atomic E-state index is 0.0709. The number of nitrogens with zero attached hydrogens (tertiary/aromatic N) is 2. The van der Waals surface area contributed by atoms with Crippen molar-refractivity contribution >= 4 is 5.91 Å². The van der Waals surface area contributed by atoms with Crippen molar-refractivity contribution in [3.05, 3.63) is 59.9 Å². The second-order valence-electron chi connectivity index (χ2n) is 6.98. The molecule has 6 nitrogen and oxygen atoms in total. The number of pyridine rings is 1. The highest BCUT2D eigenvalue weighted by Crippen LogP contribution is 2.40. The number of hydrogen-bond acceptors (Lipinski definition) is 5. The summed E-state index contributed by atoms with van der Waals surface area (Å²) in [6.07, 6.45) is 4.47. The third-order valence-electron chi connectivity index (χ3n) is 5.23. The average Bonchev–Trinajstić information content (AvgIpc) is 3.05. The Morgan fingerprint density at radius 2 is 2.12 bits per heavy atom. The molecule has 1 N–H and O–H groups in total. The molecule has 2 aliphatic heterocycles. The van der Waals surface area contributed by atoms with Crippen molar-refractivity contribution in [2.75, 3.05) is 26.3 Å². The summed E-state index contributed by atoms with van der Waals surface area (Å²) in [6.45, 7) is 3.03. The topological polar surface area (TPSA) is 71.9 Å². The number of aromatic nitrogens is 1. The Hall–Kier alpha value is -2.44. The molecule has 3 heterocycles. The molecule has 0 unspecified atom stereocenters. The lowest BCUT2D eigenvalue weighted by Crippen LogP contribution is -2.66. The van der Waals surface area contributed by atoms with Gasteiger partial charge in [-0.25, -0.2) is 0 Å². The molecule has 136 valence electrons. The number of ether oxygens (including phenoxy) is 2. The molecule has 1 atom stereocenters. The van der Waals surface area contributed by atoms with Crippen molar-refractivity contribution in [3.63, 3.8) is 0 Å². The Morgan fingerprint density at radius 3 is 2.88 bits per heavy atom. The van der Waals surface area contributed by atoms with E-state index in [1.807, 2.05) is 12.1 Å². The van der Waals surface area contributed by atoms with Crippen molar-refractivity contribution in [3.8, 4) is 5.75 Å². The molecule has 0 aliphatic carbocycles. The molecule has 2 fully saturated rings. The summed E-state index contributed by atoms with van der Waals surface area (Å²) in [5.74, 6) is 0.321. The Labute approximate surface area is 152 Å². The fourth-order valence-electron chi connectivity index (χ4n) is 3.73. The van der Waals surface area contributed by atoms with Gasteiger partial charge >= 0.3 is 0 Å². The van der Waals surface area contributed by atoms with E-state index in [-0.39, 0.29) is 23.2 Å². The van der Waals surface area contributed by atoms with E-state index < -0.39 is 0 Å². The van der Waals surface area contributed by atoms with Crippen LogP contribution in [0.4, 0.5) is 0 Å². The maximum atomic E-state index is 12.5. The highest BCUT2D eigenvalue weighted by atomic mass is 16.5. The minimum Gasteiger partial charge on any atom is -0.508 e. The van der Waals surface area contributed by atoms with Gasteiger partial charge in [0.05, 0.1) is 26.3 Å². The number of amides is 1. The number of carbonyl (C=O) groups excluding carboxylic acids is 1. The first kappa shape index (κ1) is 17.0. The summed E-state index contributed by atoms with van der Waals surface area (Å²) in [6, 6.07) is 10.3. The van der Waals surface area contributed by atoms with E-state index in [1.54, 1.807) is 35.5 Å². The van der Waals surface area contributed by atoms with Crippen LogP contribution in [0.2, 0.25) is 0 Å². The summed E-state index contributed by atoms with van der Waals surface area (Å²) in [7, 11) is 0. The summed E-state index contributed by atoms with van der Waals surface area (Å²) in [5.41, 5.74) is 1.32. The molecular formula is C20H22N2O4. The molecule has 1 aromatic carbocycles. The van der Waals surface area contributed by atoms with Crippen LogP contribution in [0.5, 0.6) is 5.75 Å². The normalized spacial score (nSPS) is 20.9. The standard InChI is InChI=1S/C20H22N2O4/c23-18-3-1-2-16(10-18)19(24)22-13-20(14-22)17(6-9-26-20)12-25-11-15-4-7-21-8-5-15/h1-5,7-8,10,17,23H,6,9,11-14H2/t17-/m0/s1. The quantitative estimate of drug-likeness (QED) is 0.892. The number of aromatic hydroxyl groups is 1. The number of carbonyl (C=O) groups is 1. The van der Waals surface area contributed by atoms with Gasteiger partial charge in [0.1, 0.15) is 11.4 Å². The zero-order valence-corrected chi connectivity index (χ0v) is 14.5. The third-order valence-corrected chi connectivity index (χ3v) is 5.23. The molecule has 6 heteroatoms. The molecule has 0 radical (unpaired) electrons. The molecule has 1 spiro atoms. The van der Waals surface area contributed by atoms with Crippen LogP contribution < -0.4 is 0 Å². The zero-order valence-electron chi connectivity index (χ0n) is 14.5. The summed E-state index contributed by atoms with van der Waals surface area (Å²) >= 11 is 0. The predicted octanol–water partition coefficient (Wildman–Crippen LogP) is 2.24. The molecule has 0 bridgehead atoms. The van der Waals surface area contributed by atoms with E-state index >= 15 is 0 Å². The van der Waals surface area contributed by atoms with E-state index in [0.29, 0.717) is 38.5 Å². The van der Waals surface area contributed by atoms with Gasteiger partial charge in [0.15, 0.2) is 0 Å². The smallest absolute Gasteiger partial charge is 0.254 e. The van der Waals surface area contributed by atoms with E-state index in [2.05, 4.69) is 4.98 Å². The molecule has 1 amide bonds. The summed E-state index contributed by atoms with van der Waals surface area (Å²) < 4.78 is 11.9. The zero-order chi connectivity index (χ0) is 18.0. The van der Waals surface area contributed by atoms with Gasteiger partial charge in [-0.15, -0.1) is 0 Å². The minimum atomic E-state index is -0.287. The Bertz CT molecular complexity index is 774. The van der Waals surface area contributed by atoms with Crippen LogP contribution in [0.15, 0.2) is 48.8 Å². The van der Waals surface area contributed by atoms with Crippen LogP contribution >= 0.6 is 0 Å². The van der Waals surface area contributed by atoms with Gasteiger partial charge in [0.2, 0.25) is 0 Å². The second kappa shape index (κ2) is 7.05. The SMILES string of the molecule is O=C(c1cccc(O)c1)N1CC2(C1)OCC[C@H]2COCc1ccncc1. The first-order valence-corrected chi connectivity index (χ1v) is 8.85. The van der Waals surface area contributed by atoms with Crippen LogP contribution in [-0.2, 0) is 16.1 Å². The van der Waals surface area contributed by atoms with E-state index in [9.17, 15) is 9.90 Å². The second-order valence-corrected chi connectivity index (χ2v) is 6.98. The highest BCUT2D eigenvalue weighted by molar-refractivity contribution is 5.95. The lowest BCUT2D eigenvalue weighted by atomic mass is 9.81. The van der Waals surface area contributed by atoms with Gasteiger partial charge in [0.25, 0.3) is 5.91 Å². The molecule has 1 aromatic heterocycles. The lowest BCUT2D eigenvalue weighted by Gasteiger charge is -2.50. The largest absolute Gasteiger partial charge is 0.508 e. The van der Waals surface area contributed by atoms with Crippen LogP contribution in [0.3, 0.4) is 0 Å². The molecule has 2 saturated heterocycles. The maximum Gasteiger partial charge on any atom is 0.254 e. The molecule has 2 aromatic rings. The molecule has 26 heavy (non-hydrogen) atoms. The van der Waals surface area contributed by atoms with Gasteiger partial charge in [-0.2, -0.15) is 0 Å². The average molecular weight is 354 g/mol. The van der Waals surface area contributed by atoms with Gasteiger partial charge in [-0.05, 0) is 42.3 Å². The molecule has 0 saturated carbocycles. The van der Waals surface area contributed by atoms with Gasteiger partial charge < -0.3 is 19.5 Å². The number of benzene rings is 1. The number of hydrogen-bond donors (Lipinski definition) is 1. The van der Waals surface area contributed by atoms with E-state index in [1.165, 1.54) is 6.07 Å². The number of phenolic OH excluding ortho intramolecular Hbond substituents is 1. The van der Waals surface area contributed by atoms with Crippen molar-refractivity contribution in [2.24, 2.45) is 5.92 Å². The monoisotopic (exact) mass is 354 g/mol. The first-order chi connectivity index (χ1) is 12.7. The van der Waals surface area contributed by atoms with E-state index in [4.69, 9.17) is 9.47 Å². The highest BCUT2D eigenvalue weighted by Gasteiger charge is 2.54. The predicted molar refractivity (Wildman–Crippen MR) is 94.7 cm³/mol. The molecule has 2 aliphatic rings.